The predicted molar refractivity (Wildman–Crippen MR) is 61.1 cm³/mol. The molecule has 0 atom stereocenters. The summed E-state index contributed by atoms with van der Waals surface area (Å²) in [6, 6.07) is 4.19. The highest BCUT2D eigenvalue weighted by Crippen LogP contribution is 2.18. The molecule has 0 aliphatic heterocycles. The first kappa shape index (κ1) is 12.8. The van der Waals surface area contributed by atoms with Gasteiger partial charge >= 0.3 is 5.97 Å². The average molecular weight is 246 g/mol. The number of carbonyl (C=O) groups excluding carboxylic acids is 1. The summed E-state index contributed by atoms with van der Waals surface area (Å²) in [6.45, 7) is 3.43. The van der Waals surface area contributed by atoms with Crippen molar-refractivity contribution in [3.8, 4) is 0 Å². The van der Waals surface area contributed by atoms with E-state index in [1.807, 2.05) is 0 Å². The zero-order valence-electron chi connectivity index (χ0n) is 9.09. The van der Waals surface area contributed by atoms with Crippen LogP contribution >= 0.6 is 11.6 Å². The number of halogens is 2. The minimum Gasteiger partial charge on any atom is -0.462 e. The molecule has 1 aromatic rings. The van der Waals surface area contributed by atoms with Gasteiger partial charge in [0.25, 0.3) is 0 Å². The molecule has 1 rings (SSSR count). The predicted octanol–water partition coefficient (Wildman–Crippen LogP) is 2.84. The molecular weight excluding hydrogens is 233 g/mol. The Bertz CT molecular complexity index is 382. The fourth-order valence-electron chi connectivity index (χ4n) is 1.10. The molecule has 0 saturated heterocycles. The highest BCUT2D eigenvalue weighted by molar-refractivity contribution is 6.30. The lowest BCUT2D eigenvalue weighted by molar-refractivity contribution is -0.145. The van der Waals surface area contributed by atoms with Crippen LogP contribution in [0.2, 0.25) is 5.02 Å². The van der Waals surface area contributed by atoms with Crippen molar-refractivity contribution in [3.05, 3.63) is 29.0 Å². The molecule has 0 aliphatic rings. The second-order valence-electron chi connectivity index (χ2n) is 3.52. The maximum atomic E-state index is 13.3. The normalized spacial score (nSPS) is 10.3. The number of hydrogen-bond acceptors (Lipinski definition) is 3. The molecule has 0 amide bonds. The van der Waals surface area contributed by atoms with Gasteiger partial charge in [0.15, 0.2) is 0 Å². The molecule has 3 nitrogen and oxygen atoms in total. The Labute approximate surface area is 98.5 Å². The van der Waals surface area contributed by atoms with Crippen molar-refractivity contribution in [1.29, 1.82) is 0 Å². The van der Waals surface area contributed by atoms with Crippen LogP contribution in [0, 0.1) is 5.82 Å². The molecule has 0 saturated carbocycles. The second-order valence-corrected chi connectivity index (χ2v) is 3.95. The van der Waals surface area contributed by atoms with Gasteiger partial charge in [0.1, 0.15) is 12.4 Å². The van der Waals surface area contributed by atoms with E-state index in [2.05, 4.69) is 5.32 Å². The molecule has 5 heteroatoms. The lowest BCUT2D eigenvalue weighted by atomic mass is 10.3. The van der Waals surface area contributed by atoms with E-state index >= 15 is 0 Å². The first-order valence-corrected chi connectivity index (χ1v) is 5.25. The van der Waals surface area contributed by atoms with E-state index in [0.29, 0.717) is 5.02 Å². The molecule has 0 fully saturated rings. The summed E-state index contributed by atoms with van der Waals surface area (Å²) < 4.78 is 18.1. The molecule has 16 heavy (non-hydrogen) atoms. The monoisotopic (exact) mass is 245 g/mol. The quantitative estimate of drug-likeness (QED) is 0.829. The average Bonchev–Trinajstić information content (AvgIpc) is 2.15. The van der Waals surface area contributed by atoms with Crippen molar-refractivity contribution in [2.45, 2.75) is 20.0 Å². The number of hydrogen-bond donors (Lipinski definition) is 1. The van der Waals surface area contributed by atoms with Crippen LogP contribution in [0.4, 0.5) is 10.1 Å². The first-order valence-electron chi connectivity index (χ1n) is 4.87. The number of anilines is 1. The maximum Gasteiger partial charge on any atom is 0.325 e. The van der Waals surface area contributed by atoms with E-state index in [-0.39, 0.29) is 18.3 Å². The molecular formula is C11H13ClFNO2. The molecule has 1 aromatic carbocycles. The summed E-state index contributed by atoms with van der Waals surface area (Å²) in [7, 11) is 0. The van der Waals surface area contributed by atoms with Crippen LogP contribution in [0.15, 0.2) is 18.2 Å². The zero-order valence-corrected chi connectivity index (χ0v) is 9.84. The molecule has 88 valence electrons. The summed E-state index contributed by atoms with van der Waals surface area (Å²) in [5, 5.41) is 2.95. The summed E-state index contributed by atoms with van der Waals surface area (Å²) >= 11 is 5.59. The zero-order chi connectivity index (χ0) is 12.1. The first-order chi connectivity index (χ1) is 7.49. The Hall–Kier alpha value is -1.29. The fraction of sp³-hybridized carbons (Fsp3) is 0.364. The highest BCUT2D eigenvalue weighted by atomic mass is 35.5. The van der Waals surface area contributed by atoms with Gasteiger partial charge in [-0.1, -0.05) is 11.6 Å². The van der Waals surface area contributed by atoms with Crippen molar-refractivity contribution in [2.24, 2.45) is 0 Å². The fourth-order valence-corrected chi connectivity index (χ4v) is 1.26. The van der Waals surface area contributed by atoms with Crippen molar-refractivity contribution in [1.82, 2.24) is 0 Å². The minimum atomic E-state index is -0.496. The maximum absolute atomic E-state index is 13.3. The van der Waals surface area contributed by atoms with Crippen LogP contribution in [0.5, 0.6) is 0 Å². The molecule has 0 heterocycles. The van der Waals surface area contributed by atoms with Gasteiger partial charge in [0, 0.05) is 5.02 Å². The second kappa shape index (κ2) is 5.70. The molecule has 0 spiro atoms. The van der Waals surface area contributed by atoms with Crippen LogP contribution in [0.25, 0.3) is 0 Å². The molecule has 1 N–H and O–H groups in total. The van der Waals surface area contributed by atoms with E-state index in [4.69, 9.17) is 16.3 Å². The van der Waals surface area contributed by atoms with Crippen LogP contribution < -0.4 is 5.32 Å². The van der Waals surface area contributed by atoms with Crippen molar-refractivity contribution in [3.63, 3.8) is 0 Å². The van der Waals surface area contributed by atoms with Gasteiger partial charge in [0.2, 0.25) is 0 Å². The molecule has 0 unspecified atom stereocenters. The van der Waals surface area contributed by atoms with Crippen molar-refractivity contribution >= 4 is 23.3 Å². The third-order valence-corrected chi connectivity index (χ3v) is 1.96. The Morgan fingerprint density at radius 2 is 2.25 bits per heavy atom. The van der Waals surface area contributed by atoms with Gasteiger partial charge < -0.3 is 10.1 Å². The summed E-state index contributed by atoms with van der Waals surface area (Å²) in [5.74, 6) is -0.922. The van der Waals surface area contributed by atoms with Gasteiger partial charge in [-0.05, 0) is 32.0 Å². The van der Waals surface area contributed by atoms with Crippen LogP contribution in [-0.4, -0.2) is 18.6 Å². The summed E-state index contributed by atoms with van der Waals surface area (Å²) in [5.41, 5.74) is 0.227. The number of nitrogens with one attached hydrogen (secondary N) is 1. The standard InChI is InChI=1S/C11H13ClFNO2/c1-7(2)16-11(15)6-14-10-4-3-8(12)5-9(10)13/h3-5,7,14H,6H2,1-2H3. The van der Waals surface area contributed by atoms with Gasteiger partial charge in [-0.2, -0.15) is 0 Å². The number of carbonyl (C=O) groups is 1. The molecule has 0 radical (unpaired) electrons. The van der Waals surface area contributed by atoms with Crippen molar-refractivity contribution in [2.75, 3.05) is 11.9 Å². The van der Waals surface area contributed by atoms with E-state index in [1.54, 1.807) is 19.9 Å². The smallest absolute Gasteiger partial charge is 0.325 e. The SMILES string of the molecule is CC(C)OC(=O)CNc1ccc(Cl)cc1F. The molecule has 0 bridgehead atoms. The van der Waals surface area contributed by atoms with E-state index in [9.17, 15) is 9.18 Å². The lowest BCUT2D eigenvalue weighted by Crippen LogP contribution is -2.20. The lowest BCUT2D eigenvalue weighted by Gasteiger charge is -2.10. The number of benzene rings is 1. The minimum absolute atomic E-state index is 0.0727. The van der Waals surface area contributed by atoms with E-state index in [0.717, 1.165) is 0 Å². The number of esters is 1. The Kier molecular flexibility index (Phi) is 4.55. The van der Waals surface area contributed by atoms with E-state index in [1.165, 1.54) is 12.1 Å². The Morgan fingerprint density at radius 3 is 2.81 bits per heavy atom. The third-order valence-electron chi connectivity index (χ3n) is 1.72. The van der Waals surface area contributed by atoms with Crippen LogP contribution in [0.3, 0.4) is 0 Å². The summed E-state index contributed by atoms with van der Waals surface area (Å²) in [4.78, 5) is 11.2. The summed E-state index contributed by atoms with van der Waals surface area (Å²) in [6.07, 6.45) is -0.177. The number of ether oxygens (including phenoxy) is 1. The van der Waals surface area contributed by atoms with Gasteiger partial charge in [-0.15, -0.1) is 0 Å². The van der Waals surface area contributed by atoms with Crippen LogP contribution in [-0.2, 0) is 9.53 Å². The van der Waals surface area contributed by atoms with E-state index < -0.39 is 11.8 Å². The van der Waals surface area contributed by atoms with Gasteiger partial charge in [-0.25, -0.2) is 4.39 Å². The van der Waals surface area contributed by atoms with Gasteiger partial charge in [-0.3, -0.25) is 4.79 Å². The Morgan fingerprint density at radius 1 is 1.56 bits per heavy atom. The van der Waals surface area contributed by atoms with Gasteiger partial charge in [0.05, 0.1) is 11.8 Å². The van der Waals surface area contributed by atoms with Crippen LogP contribution in [0.1, 0.15) is 13.8 Å². The topological polar surface area (TPSA) is 38.3 Å². The third kappa shape index (κ3) is 4.06. The van der Waals surface area contributed by atoms with Crippen molar-refractivity contribution < 1.29 is 13.9 Å². The molecule has 0 aromatic heterocycles. The largest absolute Gasteiger partial charge is 0.462 e. The number of rotatable bonds is 4. The highest BCUT2D eigenvalue weighted by Gasteiger charge is 2.07. The Balaban J connectivity index is 2.51. The molecule has 0 aliphatic carbocycles.